The van der Waals surface area contributed by atoms with Gasteiger partial charge in [0.2, 0.25) is 5.91 Å². The van der Waals surface area contributed by atoms with Crippen molar-refractivity contribution in [2.75, 3.05) is 26.3 Å². The van der Waals surface area contributed by atoms with Crippen LogP contribution in [0.5, 0.6) is 5.75 Å². The average Bonchev–Trinajstić information content (AvgIpc) is 2.67. The molecule has 1 aromatic heterocycles. The molecule has 3 rings (SSSR count). The lowest BCUT2D eigenvalue weighted by atomic mass is 9.97. The molecular weight excluding hydrogens is 353 g/mol. The van der Waals surface area contributed by atoms with E-state index in [-0.39, 0.29) is 37.9 Å². The SMILES string of the molecule is NC(=O)C[C@@]1(COc2ccc(F)cc2)CN(C(=O)c2ccncc2)CCO1. The van der Waals surface area contributed by atoms with Gasteiger partial charge in [-0.15, -0.1) is 0 Å². The lowest BCUT2D eigenvalue weighted by Gasteiger charge is -2.42. The van der Waals surface area contributed by atoms with Gasteiger partial charge in [0.1, 0.15) is 23.8 Å². The van der Waals surface area contributed by atoms with E-state index >= 15 is 0 Å². The number of carbonyl (C=O) groups excluding carboxylic acids is 2. The number of primary amides is 1. The Morgan fingerprint density at radius 3 is 2.59 bits per heavy atom. The van der Waals surface area contributed by atoms with Gasteiger partial charge in [0.15, 0.2) is 0 Å². The Bertz CT molecular complexity index is 800. The monoisotopic (exact) mass is 373 g/mol. The van der Waals surface area contributed by atoms with Crippen LogP contribution in [0.25, 0.3) is 0 Å². The average molecular weight is 373 g/mol. The summed E-state index contributed by atoms with van der Waals surface area (Å²) in [7, 11) is 0. The number of aromatic nitrogens is 1. The second kappa shape index (κ2) is 8.13. The number of amides is 2. The first-order valence-corrected chi connectivity index (χ1v) is 8.47. The van der Waals surface area contributed by atoms with E-state index in [1.54, 1.807) is 29.4 Å². The van der Waals surface area contributed by atoms with Crippen molar-refractivity contribution in [3.8, 4) is 5.75 Å². The van der Waals surface area contributed by atoms with Gasteiger partial charge >= 0.3 is 0 Å². The van der Waals surface area contributed by atoms with E-state index < -0.39 is 11.5 Å². The van der Waals surface area contributed by atoms with Crippen LogP contribution in [-0.4, -0.2) is 53.6 Å². The van der Waals surface area contributed by atoms with E-state index in [9.17, 15) is 14.0 Å². The smallest absolute Gasteiger partial charge is 0.254 e. The third-order valence-corrected chi connectivity index (χ3v) is 4.27. The molecule has 8 heteroatoms. The number of ether oxygens (including phenoxy) is 2. The highest BCUT2D eigenvalue weighted by molar-refractivity contribution is 5.94. The summed E-state index contributed by atoms with van der Waals surface area (Å²) in [5.74, 6) is -0.689. The number of halogens is 1. The molecule has 0 spiro atoms. The van der Waals surface area contributed by atoms with Crippen molar-refractivity contribution in [3.63, 3.8) is 0 Å². The topological polar surface area (TPSA) is 94.8 Å². The van der Waals surface area contributed by atoms with Gasteiger partial charge in [0.25, 0.3) is 5.91 Å². The maximum atomic E-state index is 13.0. The highest BCUT2D eigenvalue weighted by Crippen LogP contribution is 2.25. The second-order valence-electron chi connectivity index (χ2n) is 6.38. The Labute approximate surface area is 155 Å². The second-order valence-corrected chi connectivity index (χ2v) is 6.38. The summed E-state index contributed by atoms with van der Waals surface area (Å²) in [6, 6.07) is 8.77. The maximum Gasteiger partial charge on any atom is 0.254 e. The molecule has 1 aliphatic heterocycles. The third kappa shape index (κ3) is 4.79. The Kier molecular flexibility index (Phi) is 5.66. The molecule has 0 unspecified atom stereocenters. The fraction of sp³-hybridized carbons (Fsp3) is 0.316. The van der Waals surface area contributed by atoms with Gasteiger partial charge in [-0.25, -0.2) is 4.39 Å². The quantitative estimate of drug-likeness (QED) is 0.826. The number of hydrogen-bond donors (Lipinski definition) is 1. The number of nitrogens with two attached hydrogens (primary N) is 1. The zero-order valence-electron chi connectivity index (χ0n) is 14.6. The zero-order valence-corrected chi connectivity index (χ0v) is 14.6. The lowest BCUT2D eigenvalue weighted by Crippen LogP contribution is -2.58. The molecule has 7 nitrogen and oxygen atoms in total. The normalized spacial score (nSPS) is 19.5. The summed E-state index contributed by atoms with van der Waals surface area (Å²) in [6.07, 6.45) is 2.98. The Balaban J connectivity index is 1.75. The molecule has 2 heterocycles. The summed E-state index contributed by atoms with van der Waals surface area (Å²) in [4.78, 5) is 29.8. The molecule has 2 amide bonds. The number of pyridine rings is 1. The van der Waals surface area contributed by atoms with Crippen LogP contribution in [0, 0.1) is 5.82 Å². The predicted molar refractivity (Wildman–Crippen MR) is 94.5 cm³/mol. The molecule has 0 bridgehead atoms. The predicted octanol–water partition coefficient (Wildman–Crippen LogP) is 1.39. The highest BCUT2D eigenvalue weighted by Gasteiger charge is 2.41. The van der Waals surface area contributed by atoms with Gasteiger partial charge in [-0.3, -0.25) is 14.6 Å². The standard InChI is InChI=1S/C19H20FN3O4/c20-15-1-3-16(4-2-15)26-13-19(11-17(21)24)12-23(9-10-27-19)18(25)14-5-7-22-8-6-14/h1-8H,9-13H2,(H2,21,24)/t19-/m0/s1. The van der Waals surface area contributed by atoms with Crippen molar-refractivity contribution in [1.29, 1.82) is 0 Å². The lowest BCUT2D eigenvalue weighted by molar-refractivity contribution is -0.142. The molecule has 2 N–H and O–H groups in total. The number of rotatable bonds is 6. The van der Waals surface area contributed by atoms with E-state index in [1.165, 1.54) is 24.3 Å². The zero-order chi connectivity index (χ0) is 19.3. The largest absolute Gasteiger partial charge is 0.490 e. The summed E-state index contributed by atoms with van der Waals surface area (Å²) < 4.78 is 24.6. The van der Waals surface area contributed by atoms with Crippen LogP contribution in [0.1, 0.15) is 16.8 Å². The first-order chi connectivity index (χ1) is 13.0. The highest BCUT2D eigenvalue weighted by atomic mass is 19.1. The summed E-state index contributed by atoms with van der Waals surface area (Å²) >= 11 is 0. The number of nitrogens with zero attached hydrogens (tertiary/aromatic N) is 2. The van der Waals surface area contributed by atoms with Crippen molar-refractivity contribution in [1.82, 2.24) is 9.88 Å². The molecular formula is C19H20FN3O4. The molecule has 2 aromatic rings. The number of benzene rings is 1. The summed E-state index contributed by atoms with van der Waals surface area (Å²) in [5.41, 5.74) is 4.83. The van der Waals surface area contributed by atoms with Gasteiger partial charge < -0.3 is 20.1 Å². The van der Waals surface area contributed by atoms with Gasteiger partial charge in [0, 0.05) is 24.5 Å². The molecule has 1 fully saturated rings. The first kappa shape index (κ1) is 18.8. The van der Waals surface area contributed by atoms with Gasteiger partial charge in [0.05, 0.1) is 19.6 Å². The maximum absolute atomic E-state index is 13.0. The van der Waals surface area contributed by atoms with E-state index in [2.05, 4.69) is 4.98 Å². The van der Waals surface area contributed by atoms with Gasteiger partial charge in [-0.05, 0) is 36.4 Å². The molecule has 1 saturated heterocycles. The molecule has 0 saturated carbocycles. The van der Waals surface area contributed by atoms with Gasteiger partial charge in [-0.1, -0.05) is 0 Å². The molecule has 0 aliphatic carbocycles. The molecule has 1 aromatic carbocycles. The summed E-state index contributed by atoms with van der Waals surface area (Å²) in [5, 5.41) is 0. The van der Waals surface area contributed by atoms with Crippen molar-refractivity contribution in [3.05, 3.63) is 60.2 Å². The fourth-order valence-electron chi connectivity index (χ4n) is 3.00. The minimum absolute atomic E-state index is 0.00168. The fourth-order valence-corrected chi connectivity index (χ4v) is 3.00. The van der Waals surface area contributed by atoms with Crippen molar-refractivity contribution >= 4 is 11.8 Å². The van der Waals surface area contributed by atoms with Crippen LogP contribution in [0.3, 0.4) is 0 Å². The van der Waals surface area contributed by atoms with Crippen LogP contribution in [-0.2, 0) is 9.53 Å². The van der Waals surface area contributed by atoms with Crippen LogP contribution in [0.2, 0.25) is 0 Å². The third-order valence-electron chi connectivity index (χ3n) is 4.27. The number of morpholine rings is 1. The molecule has 1 atom stereocenters. The molecule has 0 radical (unpaired) electrons. The van der Waals surface area contributed by atoms with Crippen LogP contribution >= 0.6 is 0 Å². The van der Waals surface area contributed by atoms with Crippen LogP contribution in [0.4, 0.5) is 4.39 Å². The van der Waals surface area contributed by atoms with E-state index in [4.69, 9.17) is 15.2 Å². The molecule has 27 heavy (non-hydrogen) atoms. The minimum atomic E-state index is -1.07. The Morgan fingerprint density at radius 1 is 1.22 bits per heavy atom. The van der Waals surface area contributed by atoms with E-state index in [0.29, 0.717) is 17.9 Å². The minimum Gasteiger partial charge on any atom is -0.490 e. The Morgan fingerprint density at radius 2 is 1.93 bits per heavy atom. The van der Waals surface area contributed by atoms with Crippen LogP contribution in [0.15, 0.2) is 48.8 Å². The molecule has 142 valence electrons. The molecule has 1 aliphatic rings. The first-order valence-electron chi connectivity index (χ1n) is 8.47. The van der Waals surface area contributed by atoms with Crippen molar-refractivity contribution in [2.45, 2.75) is 12.0 Å². The van der Waals surface area contributed by atoms with Gasteiger partial charge in [-0.2, -0.15) is 0 Å². The Hall–Kier alpha value is -3.00. The van der Waals surface area contributed by atoms with Crippen LogP contribution < -0.4 is 10.5 Å². The summed E-state index contributed by atoms with van der Waals surface area (Å²) in [6.45, 7) is 0.787. The van der Waals surface area contributed by atoms with Crippen molar-refractivity contribution < 1.29 is 23.5 Å². The number of carbonyl (C=O) groups is 2. The van der Waals surface area contributed by atoms with E-state index in [1.807, 2.05) is 0 Å². The van der Waals surface area contributed by atoms with Crippen molar-refractivity contribution in [2.24, 2.45) is 5.73 Å². The number of hydrogen-bond acceptors (Lipinski definition) is 5. The van der Waals surface area contributed by atoms with E-state index in [0.717, 1.165) is 0 Å².